The van der Waals surface area contributed by atoms with Gasteiger partial charge in [0.05, 0.1) is 6.61 Å². The Kier molecular flexibility index (Phi) is 5.09. The maximum absolute atomic E-state index is 13.3. The highest BCUT2D eigenvalue weighted by Crippen LogP contribution is 2.19. The number of hydrogen-bond donors (Lipinski definition) is 0. The Hall–Kier alpha value is -0.570. The van der Waals surface area contributed by atoms with E-state index in [0.29, 0.717) is 18.3 Å². The van der Waals surface area contributed by atoms with E-state index in [1.165, 1.54) is 6.07 Å². The van der Waals surface area contributed by atoms with Crippen LogP contribution in [0.25, 0.3) is 0 Å². The molecule has 0 aliphatic carbocycles. The van der Waals surface area contributed by atoms with Crippen molar-refractivity contribution in [2.45, 2.75) is 20.3 Å². The maximum Gasteiger partial charge on any atom is 0.165 e. The topological polar surface area (TPSA) is 9.23 Å². The summed E-state index contributed by atoms with van der Waals surface area (Å²) in [7, 11) is 0. The highest BCUT2D eigenvalue weighted by molar-refractivity contribution is 9.09. The van der Waals surface area contributed by atoms with Crippen LogP contribution in [0.15, 0.2) is 18.2 Å². The summed E-state index contributed by atoms with van der Waals surface area (Å²) in [5.41, 5.74) is 1.01. The Morgan fingerprint density at radius 3 is 2.80 bits per heavy atom. The number of aryl methyl sites for hydroxylation is 1. The molecule has 0 amide bonds. The second kappa shape index (κ2) is 6.11. The van der Waals surface area contributed by atoms with Crippen LogP contribution in [0.1, 0.15) is 18.9 Å². The molecule has 84 valence electrons. The van der Waals surface area contributed by atoms with E-state index in [1.807, 2.05) is 6.92 Å². The van der Waals surface area contributed by atoms with Gasteiger partial charge in [0.25, 0.3) is 0 Å². The first-order chi connectivity index (χ1) is 7.17. The average molecular weight is 275 g/mol. The number of hydrogen-bond acceptors (Lipinski definition) is 1. The molecule has 0 radical (unpaired) electrons. The lowest BCUT2D eigenvalue weighted by molar-refractivity contribution is 0.249. The average Bonchev–Trinajstić information content (AvgIpc) is 2.24. The van der Waals surface area contributed by atoms with E-state index in [9.17, 15) is 4.39 Å². The molecule has 0 heterocycles. The Bertz CT molecular complexity index is 310. The van der Waals surface area contributed by atoms with Crippen LogP contribution in [0.3, 0.4) is 0 Å². The molecule has 1 nitrogen and oxygen atoms in total. The summed E-state index contributed by atoms with van der Waals surface area (Å²) in [6.07, 6.45) is 1.03. The molecule has 0 fully saturated rings. The summed E-state index contributed by atoms with van der Waals surface area (Å²) >= 11 is 3.41. The molecule has 0 aliphatic heterocycles. The van der Waals surface area contributed by atoms with Crippen LogP contribution in [0.4, 0.5) is 4.39 Å². The van der Waals surface area contributed by atoms with Gasteiger partial charge in [0.15, 0.2) is 11.6 Å². The van der Waals surface area contributed by atoms with E-state index in [4.69, 9.17) is 4.74 Å². The summed E-state index contributed by atoms with van der Waals surface area (Å²) in [6.45, 7) is 4.58. The molecule has 0 bridgehead atoms. The van der Waals surface area contributed by atoms with E-state index in [0.717, 1.165) is 17.3 Å². The fourth-order valence-electron chi connectivity index (χ4n) is 1.20. The van der Waals surface area contributed by atoms with Gasteiger partial charge in [0.1, 0.15) is 0 Å². The Morgan fingerprint density at radius 2 is 2.20 bits per heavy atom. The van der Waals surface area contributed by atoms with Crippen molar-refractivity contribution >= 4 is 15.9 Å². The van der Waals surface area contributed by atoms with E-state index < -0.39 is 0 Å². The molecule has 1 rings (SSSR count). The number of alkyl halides is 1. The van der Waals surface area contributed by atoms with Gasteiger partial charge in [-0.2, -0.15) is 0 Å². The van der Waals surface area contributed by atoms with Crippen molar-refractivity contribution in [3.63, 3.8) is 0 Å². The van der Waals surface area contributed by atoms with Crippen molar-refractivity contribution < 1.29 is 9.13 Å². The van der Waals surface area contributed by atoms with Gasteiger partial charge in [-0.05, 0) is 31.0 Å². The second-order valence-electron chi connectivity index (χ2n) is 3.67. The Balaban J connectivity index is 2.60. The third-order valence-electron chi connectivity index (χ3n) is 2.36. The minimum Gasteiger partial charge on any atom is -0.490 e. The van der Waals surface area contributed by atoms with Crippen molar-refractivity contribution in [3.8, 4) is 5.75 Å². The van der Waals surface area contributed by atoms with Crippen LogP contribution >= 0.6 is 15.9 Å². The van der Waals surface area contributed by atoms with E-state index >= 15 is 0 Å². The van der Waals surface area contributed by atoms with Crippen LogP contribution in [0, 0.1) is 18.7 Å². The number of rotatable bonds is 5. The minimum absolute atomic E-state index is 0.287. The molecule has 0 aromatic heterocycles. The van der Waals surface area contributed by atoms with E-state index in [-0.39, 0.29) is 5.82 Å². The quantitative estimate of drug-likeness (QED) is 0.740. The number of halogens is 2. The molecule has 1 aromatic rings. The Labute approximate surface area is 98.8 Å². The predicted molar refractivity (Wildman–Crippen MR) is 64.2 cm³/mol. The van der Waals surface area contributed by atoms with Gasteiger partial charge in [0.2, 0.25) is 0 Å². The van der Waals surface area contributed by atoms with Gasteiger partial charge < -0.3 is 4.74 Å². The normalized spacial score (nSPS) is 12.5. The van der Waals surface area contributed by atoms with E-state index in [2.05, 4.69) is 22.9 Å². The fraction of sp³-hybridized carbons (Fsp3) is 0.500. The zero-order valence-corrected chi connectivity index (χ0v) is 10.7. The molecular weight excluding hydrogens is 259 g/mol. The summed E-state index contributed by atoms with van der Waals surface area (Å²) in [4.78, 5) is 0. The third-order valence-corrected chi connectivity index (χ3v) is 3.27. The predicted octanol–water partition coefficient (Wildman–Crippen LogP) is 3.93. The van der Waals surface area contributed by atoms with Crippen molar-refractivity contribution in [3.05, 3.63) is 29.6 Å². The number of ether oxygens (including phenoxy) is 1. The van der Waals surface area contributed by atoms with Gasteiger partial charge >= 0.3 is 0 Å². The van der Waals surface area contributed by atoms with E-state index in [1.54, 1.807) is 12.1 Å². The van der Waals surface area contributed by atoms with Crippen molar-refractivity contribution in [1.82, 2.24) is 0 Å². The molecule has 0 saturated heterocycles. The molecule has 0 N–H and O–H groups in total. The molecule has 0 aliphatic rings. The minimum atomic E-state index is -0.287. The molecule has 1 aromatic carbocycles. The van der Waals surface area contributed by atoms with Gasteiger partial charge in [-0.1, -0.05) is 28.9 Å². The monoisotopic (exact) mass is 274 g/mol. The standard InChI is InChI=1S/C12H16BrFO/c1-3-10(7-13)8-15-12-6-9(2)4-5-11(12)14/h4-6,10H,3,7-8H2,1-2H3. The molecule has 1 unspecified atom stereocenters. The second-order valence-corrected chi connectivity index (χ2v) is 4.32. The largest absolute Gasteiger partial charge is 0.490 e. The van der Waals surface area contributed by atoms with Crippen LogP contribution in [0.5, 0.6) is 5.75 Å². The lowest BCUT2D eigenvalue weighted by atomic mass is 10.1. The van der Waals surface area contributed by atoms with Gasteiger partial charge in [-0.3, -0.25) is 0 Å². The molecule has 3 heteroatoms. The van der Waals surface area contributed by atoms with Gasteiger partial charge in [-0.15, -0.1) is 0 Å². The van der Waals surface area contributed by atoms with Crippen LogP contribution < -0.4 is 4.74 Å². The highest BCUT2D eigenvalue weighted by atomic mass is 79.9. The highest BCUT2D eigenvalue weighted by Gasteiger charge is 2.08. The van der Waals surface area contributed by atoms with Gasteiger partial charge in [0, 0.05) is 11.2 Å². The zero-order valence-electron chi connectivity index (χ0n) is 9.09. The first kappa shape index (κ1) is 12.5. The number of benzene rings is 1. The SMILES string of the molecule is CCC(CBr)COc1cc(C)ccc1F. The van der Waals surface area contributed by atoms with Crippen LogP contribution in [0.2, 0.25) is 0 Å². The van der Waals surface area contributed by atoms with Crippen LogP contribution in [-0.2, 0) is 0 Å². The first-order valence-electron chi connectivity index (χ1n) is 5.12. The summed E-state index contributed by atoms with van der Waals surface area (Å²) in [5.74, 6) is 0.504. The molecular formula is C12H16BrFO. The lowest BCUT2D eigenvalue weighted by Gasteiger charge is -2.13. The van der Waals surface area contributed by atoms with Crippen molar-refractivity contribution in [2.75, 3.05) is 11.9 Å². The third kappa shape index (κ3) is 3.82. The summed E-state index contributed by atoms with van der Waals surface area (Å²) < 4.78 is 18.7. The molecule has 1 atom stereocenters. The smallest absolute Gasteiger partial charge is 0.165 e. The van der Waals surface area contributed by atoms with Crippen molar-refractivity contribution in [1.29, 1.82) is 0 Å². The fourth-order valence-corrected chi connectivity index (χ4v) is 1.85. The molecule has 0 spiro atoms. The van der Waals surface area contributed by atoms with Crippen molar-refractivity contribution in [2.24, 2.45) is 5.92 Å². The van der Waals surface area contributed by atoms with Gasteiger partial charge in [-0.25, -0.2) is 4.39 Å². The maximum atomic E-state index is 13.3. The summed E-state index contributed by atoms with van der Waals surface area (Å²) in [5, 5.41) is 0.886. The zero-order chi connectivity index (χ0) is 11.3. The first-order valence-corrected chi connectivity index (χ1v) is 6.24. The molecule has 0 saturated carbocycles. The van der Waals surface area contributed by atoms with Crippen LogP contribution in [-0.4, -0.2) is 11.9 Å². The summed E-state index contributed by atoms with van der Waals surface area (Å²) in [6, 6.07) is 4.92. The lowest BCUT2D eigenvalue weighted by Crippen LogP contribution is -2.13. The Morgan fingerprint density at radius 1 is 1.47 bits per heavy atom. The molecule has 15 heavy (non-hydrogen) atoms.